The molecule has 0 unspecified atom stereocenters. The Labute approximate surface area is 156 Å². The van der Waals surface area contributed by atoms with Crippen molar-refractivity contribution in [2.75, 3.05) is 13.1 Å². The van der Waals surface area contributed by atoms with E-state index in [4.69, 9.17) is 0 Å². The molecule has 0 radical (unpaired) electrons. The predicted octanol–water partition coefficient (Wildman–Crippen LogP) is 3.03. The number of nitrogens with zero attached hydrogens (tertiary/aromatic N) is 1. The molecule has 1 aliphatic heterocycles. The molecule has 3 fully saturated rings. The molecule has 3 aliphatic rings. The van der Waals surface area contributed by atoms with Gasteiger partial charge in [-0.1, -0.05) is 12.5 Å². The van der Waals surface area contributed by atoms with Crippen molar-refractivity contribution in [1.29, 1.82) is 0 Å². The molecule has 1 saturated heterocycles. The van der Waals surface area contributed by atoms with Crippen molar-refractivity contribution in [2.45, 2.75) is 56.4 Å². The van der Waals surface area contributed by atoms with Crippen molar-refractivity contribution in [1.82, 2.24) is 9.62 Å². The van der Waals surface area contributed by atoms with E-state index < -0.39 is 10.0 Å². The van der Waals surface area contributed by atoms with E-state index in [1.165, 1.54) is 36.1 Å². The third-order valence-corrected chi connectivity index (χ3v) is 8.49. The summed E-state index contributed by atoms with van der Waals surface area (Å²) >= 11 is 0. The van der Waals surface area contributed by atoms with Gasteiger partial charge in [0.25, 0.3) is 5.91 Å². The lowest BCUT2D eigenvalue weighted by atomic mass is 9.84. The molecule has 5 nitrogen and oxygen atoms in total. The Morgan fingerprint density at radius 1 is 1.19 bits per heavy atom. The summed E-state index contributed by atoms with van der Waals surface area (Å²) in [5.74, 6) is 1.99. The lowest BCUT2D eigenvalue weighted by Crippen LogP contribution is -2.40. The highest BCUT2D eigenvalue weighted by atomic mass is 32.2. The molecule has 4 atom stereocenters. The second kappa shape index (κ2) is 6.97. The van der Waals surface area contributed by atoms with Gasteiger partial charge in [-0.05, 0) is 75.0 Å². The predicted molar refractivity (Wildman–Crippen MR) is 100 cm³/mol. The number of carbonyl (C=O) groups excluding carboxylic acids is 1. The first-order chi connectivity index (χ1) is 12.4. The van der Waals surface area contributed by atoms with Crippen LogP contribution >= 0.6 is 0 Å². The Morgan fingerprint density at radius 3 is 2.62 bits per heavy atom. The minimum Gasteiger partial charge on any atom is -0.349 e. The van der Waals surface area contributed by atoms with Crippen LogP contribution in [0.2, 0.25) is 0 Å². The van der Waals surface area contributed by atoms with Crippen molar-refractivity contribution >= 4 is 15.9 Å². The number of rotatable bonds is 5. The summed E-state index contributed by atoms with van der Waals surface area (Å²) in [5, 5.41) is 3.12. The zero-order chi connectivity index (χ0) is 18.3. The van der Waals surface area contributed by atoms with Crippen molar-refractivity contribution < 1.29 is 13.2 Å². The molecule has 0 spiro atoms. The maximum atomic E-state index is 12.7. The first kappa shape index (κ1) is 18.0. The van der Waals surface area contributed by atoms with Crippen LogP contribution in [0.4, 0.5) is 0 Å². The highest BCUT2D eigenvalue weighted by molar-refractivity contribution is 7.89. The second-order valence-corrected chi connectivity index (χ2v) is 10.2. The van der Waals surface area contributed by atoms with Crippen LogP contribution < -0.4 is 5.32 Å². The molecule has 0 aromatic heterocycles. The van der Waals surface area contributed by atoms with Crippen molar-refractivity contribution in [3.63, 3.8) is 0 Å². The van der Waals surface area contributed by atoms with Gasteiger partial charge in [0.05, 0.1) is 4.90 Å². The third-order valence-electron chi connectivity index (χ3n) is 6.59. The molecule has 2 bridgehead atoms. The van der Waals surface area contributed by atoms with Crippen LogP contribution in [0.3, 0.4) is 0 Å². The Balaban J connectivity index is 1.46. The molecule has 2 saturated carbocycles. The number of sulfonamides is 1. The van der Waals surface area contributed by atoms with Gasteiger partial charge < -0.3 is 5.32 Å². The number of hydrogen-bond acceptors (Lipinski definition) is 3. The number of carbonyl (C=O) groups is 1. The molecule has 26 heavy (non-hydrogen) atoms. The number of hydrogen-bond donors (Lipinski definition) is 1. The Kier molecular flexibility index (Phi) is 4.82. The molecule has 4 rings (SSSR count). The zero-order valence-corrected chi connectivity index (χ0v) is 16.2. The largest absolute Gasteiger partial charge is 0.349 e. The van der Waals surface area contributed by atoms with Gasteiger partial charge >= 0.3 is 0 Å². The van der Waals surface area contributed by atoms with Gasteiger partial charge in [-0.2, -0.15) is 4.31 Å². The maximum absolute atomic E-state index is 12.7. The number of fused-ring (bicyclic) bond motifs is 2. The van der Waals surface area contributed by atoms with E-state index in [1.54, 1.807) is 18.2 Å². The van der Waals surface area contributed by atoms with E-state index in [0.717, 1.165) is 24.7 Å². The van der Waals surface area contributed by atoms with E-state index in [1.807, 2.05) is 0 Å². The highest BCUT2D eigenvalue weighted by Crippen LogP contribution is 2.49. The smallest absolute Gasteiger partial charge is 0.251 e. The van der Waals surface area contributed by atoms with Gasteiger partial charge in [-0.15, -0.1) is 0 Å². The van der Waals surface area contributed by atoms with Gasteiger partial charge in [-0.3, -0.25) is 4.79 Å². The summed E-state index contributed by atoms with van der Waals surface area (Å²) in [4.78, 5) is 12.9. The van der Waals surface area contributed by atoms with Crippen LogP contribution in [0.25, 0.3) is 0 Å². The number of amides is 1. The molecule has 1 aromatic rings. The summed E-state index contributed by atoms with van der Waals surface area (Å²) in [5.41, 5.74) is 0.431. The third kappa shape index (κ3) is 3.29. The first-order valence-electron chi connectivity index (χ1n) is 9.86. The summed E-state index contributed by atoms with van der Waals surface area (Å²) < 4.78 is 27.0. The van der Waals surface area contributed by atoms with Gasteiger partial charge in [0.2, 0.25) is 10.0 Å². The minimum absolute atomic E-state index is 0.136. The molecule has 1 heterocycles. The lowest BCUT2D eigenvalue weighted by Gasteiger charge is -2.28. The van der Waals surface area contributed by atoms with Gasteiger partial charge in [0.1, 0.15) is 0 Å². The quantitative estimate of drug-likeness (QED) is 0.859. The van der Waals surface area contributed by atoms with Crippen LogP contribution in [-0.4, -0.2) is 37.8 Å². The van der Waals surface area contributed by atoms with Crippen molar-refractivity contribution in [3.8, 4) is 0 Å². The minimum atomic E-state index is -3.49. The molecule has 6 heteroatoms. The monoisotopic (exact) mass is 376 g/mol. The molecular formula is C20H28N2O3S. The molecular weight excluding hydrogens is 348 g/mol. The topological polar surface area (TPSA) is 66.5 Å². The molecule has 1 N–H and O–H groups in total. The average molecular weight is 377 g/mol. The van der Waals surface area contributed by atoms with E-state index >= 15 is 0 Å². The van der Waals surface area contributed by atoms with E-state index in [-0.39, 0.29) is 16.8 Å². The fraction of sp³-hybridized carbons (Fsp3) is 0.650. The molecule has 2 aliphatic carbocycles. The fourth-order valence-electron chi connectivity index (χ4n) is 5.18. The van der Waals surface area contributed by atoms with Gasteiger partial charge in [-0.25, -0.2) is 8.42 Å². The van der Waals surface area contributed by atoms with Crippen LogP contribution in [0.5, 0.6) is 0 Å². The molecule has 1 amide bonds. The van der Waals surface area contributed by atoms with Gasteiger partial charge in [0, 0.05) is 24.7 Å². The van der Waals surface area contributed by atoms with Gasteiger partial charge in [0.15, 0.2) is 0 Å². The van der Waals surface area contributed by atoms with Crippen molar-refractivity contribution in [2.24, 2.45) is 17.8 Å². The normalized spacial score (nSPS) is 29.8. The van der Waals surface area contributed by atoms with Crippen molar-refractivity contribution in [3.05, 3.63) is 29.8 Å². The summed E-state index contributed by atoms with van der Waals surface area (Å²) in [6.45, 7) is 3.23. The Hall–Kier alpha value is -1.40. The fourth-order valence-corrected chi connectivity index (χ4v) is 6.74. The number of nitrogens with one attached hydrogen (secondary N) is 1. The standard InChI is InChI=1S/C20H28N2O3S/c1-14(19-12-15-7-8-16(19)11-15)21-20(23)17-5-4-6-18(13-17)26(24,25)22-9-2-3-10-22/h4-6,13-16,19H,2-3,7-12H2,1H3,(H,21,23)/t14-,15+,16+,19+/m1/s1. The van der Waals surface area contributed by atoms with Crippen LogP contribution in [0.15, 0.2) is 29.2 Å². The first-order valence-corrected chi connectivity index (χ1v) is 11.3. The Bertz CT molecular complexity index is 786. The summed E-state index contributed by atoms with van der Waals surface area (Å²) in [6.07, 6.45) is 6.97. The average Bonchev–Trinajstić information content (AvgIpc) is 3.39. The highest BCUT2D eigenvalue weighted by Gasteiger charge is 2.42. The SMILES string of the molecule is C[C@@H](NC(=O)c1cccc(S(=O)(=O)N2CCCC2)c1)[C@@H]1C[C@H]2CC[C@H]1C2. The molecule has 1 aromatic carbocycles. The Morgan fingerprint density at radius 2 is 1.96 bits per heavy atom. The lowest BCUT2D eigenvalue weighted by molar-refractivity contribution is 0.0915. The maximum Gasteiger partial charge on any atom is 0.251 e. The number of benzene rings is 1. The zero-order valence-electron chi connectivity index (χ0n) is 15.4. The van der Waals surface area contributed by atoms with E-state index in [0.29, 0.717) is 24.6 Å². The van der Waals surface area contributed by atoms with E-state index in [9.17, 15) is 13.2 Å². The summed E-state index contributed by atoms with van der Waals surface area (Å²) in [6, 6.07) is 6.61. The van der Waals surface area contributed by atoms with Crippen LogP contribution in [-0.2, 0) is 10.0 Å². The van der Waals surface area contributed by atoms with E-state index in [2.05, 4.69) is 12.2 Å². The second-order valence-electron chi connectivity index (χ2n) is 8.24. The summed E-state index contributed by atoms with van der Waals surface area (Å²) in [7, 11) is -3.49. The van der Waals surface area contributed by atoms with Crippen LogP contribution in [0, 0.1) is 17.8 Å². The van der Waals surface area contributed by atoms with Crippen LogP contribution in [0.1, 0.15) is 55.8 Å². The molecule has 142 valence electrons.